The van der Waals surface area contributed by atoms with Crippen LogP contribution in [0.15, 0.2) is 24.3 Å². The molecule has 0 saturated carbocycles. The molecule has 0 aliphatic carbocycles. The highest BCUT2D eigenvalue weighted by Gasteiger charge is 2.48. The van der Waals surface area contributed by atoms with Gasteiger partial charge in [-0.1, -0.05) is 0 Å². The minimum atomic E-state index is -1.04. The maximum absolute atomic E-state index is 12.9. The predicted octanol–water partition coefficient (Wildman–Crippen LogP) is -0.0630. The van der Waals surface area contributed by atoms with Crippen LogP contribution in [0.4, 0.5) is 5.69 Å². The number of carboxylic acids is 1. The maximum Gasteiger partial charge on any atom is 0.427 e. The summed E-state index contributed by atoms with van der Waals surface area (Å²) < 4.78 is -0.352. The zero-order valence-corrected chi connectivity index (χ0v) is 15.4. The van der Waals surface area contributed by atoms with Crippen molar-refractivity contribution in [2.24, 2.45) is 5.73 Å². The number of hydrogen-bond donors (Lipinski definition) is 4. The standard InChI is InChI=1S/C18H23N5O5/c19-16(20)13-3-5-14(6-4-13)21-23(10-1-2-12-24)11-9-22(8-7-15(25)26)17(27)18(23)28/h3-6,12H,1-2,7-11H2,(H4-,19,20,21,25,26)/p+1. The lowest BCUT2D eigenvalue weighted by molar-refractivity contribution is -0.831. The Morgan fingerprint density at radius 1 is 1.32 bits per heavy atom. The Labute approximate surface area is 162 Å². The number of nitrogens with one attached hydrogen (secondary N) is 2. The van der Waals surface area contributed by atoms with E-state index >= 15 is 0 Å². The molecule has 1 aliphatic heterocycles. The van der Waals surface area contributed by atoms with Gasteiger partial charge in [-0.3, -0.25) is 15.0 Å². The first-order chi connectivity index (χ1) is 13.3. The molecule has 1 atom stereocenters. The van der Waals surface area contributed by atoms with Gasteiger partial charge in [-0.25, -0.2) is 10.2 Å². The van der Waals surface area contributed by atoms with Crippen LogP contribution in [0.1, 0.15) is 24.8 Å². The van der Waals surface area contributed by atoms with Gasteiger partial charge in [-0.2, -0.15) is 4.59 Å². The number of carbonyl (C=O) groups is 4. The van der Waals surface area contributed by atoms with Crippen LogP contribution < -0.4 is 11.2 Å². The van der Waals surface area contributed by atoms with Crippen molar-refractivity contribution in [3.8, 4) is 0 Å². The van der Waals surface area contributed by atoms with Crippen molar-refractivity contribution in [2.75, 3.05) is 31.6 Å². The number of nitrogen functional groups attached to an aromatic ring is 1. The first-order valence-corrected chi connectivity index (χ1v) is 8.88. The Morgan fingerprint density at radius 3 is 2.57 bits per heavy atom. The van der Waals surface area contributed by atoms with Gasteiger partial charge >= 0.3 is 17.8 Å². The molecule has 2 amide bonds. The largest absolute Gasteiger partial charge is 0.481 e. The van der Waals surface area contributed by atoms with Crippen LogP contribution in [0.2, 0.25) is 0 Å². The molecular formula is C18H24N5O5+. The van der Waals surface area contributed by atoms with E-state index in [0.717, 1.165) is 6.29 Å². The lowest BCUT2D eigenvalue weighted by Gasteiger charge is -2.41. The summed E-state index contributed by atoms with van der Waals surface area (Å²) in [5, 5.41) is 16.2. The van der Waals surface area contributed by atoms with Gasteiger partial charge in [0, 0.05) is 24.9 Å². The van der Waals surface area contributed by atoms with Crippen LogP contribution in [-0.2, 0) is 19.2 Å². The quantitative estimate of drug-likeness (QED) is 0.109. The van der Waals surface area contributed by atoms with E-state index in [1.165, 1.54) is 4.90 Å². The molecule has 150 valence electrons. The molecule has 0 radical (unpaired) electrons. The van der Waals surface area contributed by atoms with Gasteiger partial charge in [0.2, 0.25) is 0 Å². The summed E-state index contributed by atoms with van der Waals surface area (Å²) in [5.41, 5.74) is 9.61. The van der Waals surface area contributed by atoms with E-state index in [9.17, 15) is 19.2 Å². The molecule has 0 bridgehead atoms. The number of quaternary nitrogens is 1. The fraction of sp³-hybridized carbons (Fsp3) is 0.389. The normalized spacial score (nSPS) is 19.4. The summed E-state index contributed by atoms with van der Waals surface area (Å²) in [6, 6.07) is 6.57. The number of carbonyl (C=O) groups excluding carboxylic acids is 3. The highest BCUT2D eigenvalue weighted by atomic mass is 16.4. The number of rotatable bonds is 10. The number of unbranched alkanes of at least 4 members (excludes halogenated alkanes) is 1. The van der Waals surface area contributed by atoms with Gasteiger partial charge in [-0.05, 0) is 24.3 Å². The Balaban J connectivity index is 2.21. The number of aldehydes is 1. The number of amides is 2. The summed E-state index contributed by atoms with van der Waals surface area (Å²) in [4.78, 5) is 48.1. The summed E-state index contributed by atoms with van der Waals surface area (Å²) in [6.45, 7) is 0.682. The number of anilines is 1. The first kappa shape index (κ1) is 21.0. The van der Waals surface area contributed by atoms with E-state index in [4.69, 9.17) is 16.2 Å². The number of carboxylic acid groups (broad SMARTS) is 1. The SMILES string of the molecule is N=C(N)c1ccc(N[N+]2(CCCC=O)CCN(CCC(=O)O)C(=O)C2=O)cc1. The van der Waals surface area contributed by atoms with E-state index in [-0.39, 0.29) is 49.4 Å². The molecule has 28 heavy (non-hydrogen) atoms. The summed E-state index contributed by atoms with van der Waals surface area (Å²) in [5.74, 6) is -2.56. The highest BCUT2D eigenvalue weighted by molar-refractivity contribution is 6.32. The van der Waals surface area contributed by atoms with E-state index in [0.29, 0.717) is 17.7 Å². The van der Waals surface area contributed by atoms with Crippen molar-refractivity contribution in [1.29, 1.82) is 5.41 Å². The molecule has 1 unspecified atom stereocenters. The van der Waals surface area contributed by atoms with Crippen LogP contribution in [0, 0.1) is 5.41 Å². The van der Waals surface area contributed by atoms with Crippen LogP contribution >= 0.6 is 0 Å². The molecule has 0 aromatic heterocycles. The van der Waals surface area contributed by atoms with E-state index in [1.807, 2.05) is 0 Å². The van der Waals surface area contributed by atoms with Crippen molar-refractivity contribution >= 4 is 35.6 Å². The van der Waals surface area contributed by atoms with Crippen LogP contribution in [0.3, 0.4) is 0 Å². The molecule has 1 heterocycles. The zero-order valence-electron chi connectivity index (χ0n) is 15.4. The number of benzene rings is 1. The molecule has 1 aromatic rings. The average molecular weight is 390 g/mol. The van der Waals surface area contributed by atoms with Gasteiger partial charge in [0.05, 0.1) is 18.7 Å². The van der Waals surface area contributed by atoms with E-state index in [2.05, 4.69) is 5.43 Å². The van der Waals surface area contributed by atoms with Crippen molar-refractivity contribution in [1.82, 2.24) is 4.90 Å². The first-order valence-electron chi connectivity index (χ1n) is 8.88. The van der Waals surface area contributed by atoms with E-state index < -0.39 is 17.8 Å². The lowest BCUT2D eigenvalue weighted by Crippen LogP contribution is -2.68. The molecule has 10 heteroatoms. The Kier molecular flexibility index (Phi) is 6.83. The third-order valence-corrected chi connectivity index (χ3v) is 4.61. The molecule has 5 N–H and O–H groups in total. The van der Waals surface area contributed by atoms with Crippen molar-refractivity contribution < 1.29 is 28.9 Å². The Morgan fingerprint density at radius 2 is 2.00 bits per heavy atom. The average Bonchev–Trinajstić information content (AvgIpc) is 2.66. The van der Waals surface area contributed by atoms with Gasteiger partial charge in [0.25, 0.3) is 0 Å². The van der Waals surface area contributed by atoms with Crippen molar-refractivity contribution in [2.45, 2.75) is 19.3 Å². The second kappa shape index (κ2) is 9.09. The number of hydrogen-bond acceptors (Lipinski definition) is 6. The molecule has 2 rings (SSSR count). The molecule has 1 aliphatic rings. The van der Waals surface area contributed by atoms with Gasteiger partial charge in [0.15, 0.2) is 0 Å². The van der Waals surface area contributed by atoms with Crippen LogP contribution in [0.5, 0.6) is 0 Å². The third kappa shape index (κ3) is 4.92. The Hall–Kier alpha value is -3.27. The predicted molar refractivity (Wildman–Crippen MR) is 100 cm³/mol. The van der Waals surface area contributed by atoms with Gasteiger partial charge in [-0.15, -0.1) is 0 Å². The van der Waals surface area contributed by atoms with Crippen LogP contribution in [-0.4, -0.2) is 70.7 Å². The number of aliphatic carboxylic acids is 1. The molecule has 0 spiro atoms. The number of nitrogens with zero attached hydrogens (tertiary/aromatic N) is 2. The minimum Gasteiger partial charge on any atom is -0.481 e. The Bertz CT molecular complexity index is 779. The fourth-order valence-corrected chi connectivity index (χ4v) is 3.05. The highest BCUT2D eigenvalue weighted by Crippen LogP contribution is 2.21. The smallest absolute Gasteiger partial charge is 0.427 e. The summed E-state index contributed by atoms with van der Waals surface area (Å²) >= 11 is 0. The van der Waals surface area contributed by atoms with Crippen molar-refractivity contribution in [3.63, 3.8) is 0 Å². The van der Waals surface area contributed by atoms with Gasteiger partial charge in [0.1, 0.15) is 25.2 Å². The van der Waals surface area contributed by atoms with Gasteiger partial charge < -0.3 is 20.5 Å². The second-order valence-corrected chi connectivity index (χ2v) is 6.57. The molecule has 1 aromatic carbocycles. The zero-order chi connectivity index (χ0) is 20.7. The number of amidine groups is 1. The topological polar surface area (TPSA) is 154 Å². The lowest BCUT2D eigenvalue weighted by atomic mass is 10.2. The number of piperazine rings is 1. The molecule has 1 fully saturated rings. The summed E-state index contributed by atoms with van der Waals surface area (Å²) in [6.07, 6.45) is 1.20. The molecule has 10 nitrogen and oxygen atoms in total. The second-order valence-electron chi connectivity index (χ2n) is 6.57. The monoisotopic (exact) mass is 390 g/mol. The maximum atomic E-state index is 12.9. The fourth-order valence-electron chi connectivity index (χ4n) is 3.05. The van der Waals surface area contributed by atoms with Crippen LogP contribution in [0.25, 0.3) is 0 Å². The molecular weight excluding hydrogens is 366 g/mol. The third-order valence-electron chi connectivity index (χ3n) is 4.61. The minimum absolute atomic E-state index is 0.0262. The summed E-state index contributed by atoms with van der Waals surface area (Å²) in [7, 11) is 0. The van der Waals surface area contributed by atoms with E-state index in [1.54, 1.807) is 24.3 Å². The number of nitrogens with two attached hydrogens (primary N) is 1. The molecule has 1 saturated heterocycles. The van der Waals surface area contributed by atoms with Crippen molar-refractivity contribution in [3.05, 3.63) is 29.8 Å².